The molecule has 0 spiro atoms. The molecule has 3 rings (SSSR count). The monoisotopic (exact) mass is 293 g/mol. The first-order chi connectivity index (χ1) is 9.17. The highest BCUT2D eigenvalue weighted by atomic mass is 35.5. The van der Waals surface area contributed by atoms with E-state index in [1.165, 1.54) is 0 Å². The number of aliphatic hydroxyl groups excluding tert-OH is 1. The molecule has 1 heterocycles. The maximum absolute atomic E-state index is 9.29. The van der Waals surface area contributed by atoms with Gasteiger partial charge in [0.1, 0.15) is 0 Å². The van der Waals surface area contributed by atoms with E-state index >= 15 is 0 Å². The van der Waals surface area contributed by atoms with Gasteiger partial charge in [-0.1, -0.05) is 29.3 Å². The molecule has 0 amide bonds. The van der Waals surface area contributed by atoms with E-state index in [1.54, 1.807) is 0 Å². The molecule has 2 nitrogen and oxygen atoms in total. The van der Waals surface area contributed by atoms with Crippen LogP contribution < -0.4 is 0 Å². The maximum Gasteiger partial charge on any atom is 0.0695 e. The van der Waals surface area contributed by atoms with Crippen LogP contribution in [-0.2, 0) is 13.2 Å². The molecule has 98 valence electrons. The van der Waals surface area contributed by atoms with Crippen molar-refractivity contribution in [2.75, 3.05) is 0 Å². The summed E-state index contributed by atoms with van der Waals surface area (Å²) in [6, 6.07) is 9.56. The van der Waals surface area contributed by atoms with E-state index in [0.717, 1.165) is 33.9 Å². The van der Waals surface area contributed by atoms with Gasteiger partial charge in [-0.2, -0.15) is 0 Å². The largest absolute Gasteiger partial charge is 0.392 e. The van der Waals surface area contributed by atoms with E-state index in [4.69, 9.17) is 23.2 Å². The van der Waals surface area contributed by atoms with Crippen molar-refractivity contribution in [1.82, 2.24) is 4.57 Å². The quantitative estimate of drug-likeness (QED) is 0.733. The van der Waals surface area contributed by atoms with Crippen LogP contribution in [0.15, 0.2) is 30.3 Å². The fourth-order valence-corrected chi connectivity index (χ4v) is 3.14. The number of aromatic nitrogens is 1. The second-order valence-electron chi connectivity index (χ2n) is 4.51. The lowest BCUT2D eigenvalue weighted by Gasteiger charge is -2.04. The van der Waals surface area contributed by atoms with Gasteiger partial charge in [-0.25, -0.2) is 0 Å². The Labute approximate surface area is 121 Å². The lowest BCUT2D eigenvalue weighted by Crippen LogP contribution is -1.93. The molecular weight excluding hydrogens is 281 g/mol. The minimum absolute atomic E-state index is 0.0208. The van der Waals surface area contributed by atoms with Crippen LogP contribution in [0.3, 0.4) is 0 Å². The SMILES string of the molecule is CCn1c2ccc(CO)cc2c2c(Cl)ccc(Cl)c21. The molecule has 2 aromatic carbocycles. The molecule has 0 aliphatic heterocycles. The van der Waals surface area contributed by atoms with Crippen molar-refractivity contribution in [3.63, 3.8) is 0 Å². The summed E-state index contributed by atoms with van der Waals surface area (Å²) in [4.78, 5) is 0. The van der Waals surface area contributed by atoms with E-state index in [1.807, 2.05) is 30.3 Å². The van der Waals surface area contributed by atoms with Crippen molar-refractivity contribution in [2.45, 2.75) is 20.1 Å². The number of aliphatic hydroxyl groups is 1. The van der Waals surface area contributed by atoms with E-state index in [0.29, 0.717) is 10.0 Å². The fraction of sp³-hybridized carbons (Fsp3) is 0.200. The Hall–Kier alpha value is -1.22. The van der Waals surface area contributed by atoms with E-state index in [9.17, 15) is 5.11 Å². The Morgan fingerprint density at radius 2 is 1.84 bits per heavy atom. The molecule has 0 atom stereocenters. The summed E-state index contributed by atoms with van der Waals surface area (Å²) in [5, 5.41) is 12.7. The van der Waals surface area contributed by atoms with E-state index < -0.39 is 0 Å². The lowest BCUT2D eigenvalue weighted by atomic mass is 10.1. The first kappa shape index (κ1) is 12.8. The van der Waals surface area contributed by atoms with Gasteiger partial charge < -0.3 is 9.67 Å². The summed E-state index contributed by atoms with van der Waals surface area (Å²) in [5.74, 6) is 0. The van der Waals surface area contributed by atoms with E-state index in [2.05, 4.69) is 11.5 Å². The fourth-order valence-electron chi connectivity index (χ4n) is 2.63. The molecule has 0 bridgehead atoms. The summed E-state index contributed by atoms with van der Waals surface area (Å²) in [7, 11) is 0. The number of hydrogen-bond acceptors (Lipinski definition) is 1. The van der Waals surface area contributed by atoms with Crippen molar-refractivity contribution in [3.05, 3.63) is 45.9 Å². The van der Waals surface area contributed by atoms with Gasteiger partial charge in [-0.15, -0.1) is 0 Å². The third-order valence-electron chi connectivity index (χ3n) is 3.47. The Morgan fingerprint density at radius 1 is 1.11 bits per heavy atom. The van der Waals surface area contributed by atoms with Crippen molar-refractivity contribution in [3.8, 4) is 0 Å². The van der Waals surface area contributed by atoms with Gasteiger partial charge >= 0.3 is 0 Å². The highest BCUT2D eigenvalue weighted by molar-refractivity contribution is 6.42. The molecule has 3 aromatic rings. The Morgan fingerprint density at radius 3 is 2.53 bits per heavy atom. The molecule has 19 heavy (non-hydrogen) atoms. The lowest BCUT2D eigenvalue weighted by molar-refractivity contribution is 0.282. The second-order valence-corrected chi connectivity index (χ2v) is 5.32. The zero-order valence-corrected chi connectivity index (χ0v) is 12.0. The van der Waals surface area contributed by atoms with Crippen molar-refractivity contribution in [2.24, 2.45) is 0 Å². The predicted octanol–water partition coefficient (Wildman–Crippen LogP) is 4.61. The third-order valence-corrected chi connectivity index (χ3v) is 4.09. The molecule has 4 heteroatoms. The minimum Gasteiger partial charge on any atom is -0.392 e. The number of hydrogen-bond donors (Lipinski definition) is 1. The molecule has 0 unspecified atom stereocenters. The van der Waals surface area contributed by atoms with Gasteiger partial charge in [0.2, 0.25) is 0 Å². The highest BCUT2D eigenvalue weighted by Crippen LogP contribution is 2.38. The van der Waals surface area contributed by atoms with Crippen molar-refractivity contribution >= 4 is 45.0 Å². The van der Waals surface area contributed by atoms with Gasteiger partial charge in [0.25, 0.3) is 0 Å². The zero-order valence-electron chi connectivity index (χ0n) is 10.5. The van der Waals surface area contributed by atoms with Gasteiger partial charge in [0.05, 0.1) is 22.2 Å². The average molecular weight is 294 g/mol. The highest BCUT2D eigenvalue weighted by Gasteiger charge is 2.15. The van der Waals surface area contributed by atoms with Crippen LogP contribution in [0.5, 0.6) is 0 Å². The molecule has 0 aliphatic rings. The number of fused-ring (bicyclic) bond motifs is 3. The average Bonchev–Trinajstić information content (AvgIpc) is 2.77. The summed E-state index contributed by atoms with van der Waals surface area (Å²) in [6.07, 6.45) is 0. The molecule has 0 saturated carbocycles. The number of aryl methyl sites for hydroxylation is 1. The van der Waals surface area contributed by atoms with Crippen LogP contribution in [0.2, 0.25) is 10.0 Å². The number of rotatable bonds is 2. The number of halogens is 2. The normalized spacial score (nSPS) is 11.6. The third kappa shape index (κ3) is 1.83. The predicted molar refractivity (Wildman–Crippen MR) is 81.1 cm³/mol. The summed E-state index contributed by atoms with van der Waals surface area (Å²) in [5.41, 5.74) is 2.92. The van der Waals surface area contributed by atoms with Crippen molar-refractivity contribution in [1.29, 1.82) is 0 Å². The standard InChI is InChI=1S/C15H13Cl2NO/c1-2-18-13-6-3-9(8-19)7-10(13)14-11(16)4-5-12(17)15(14)18/h3-7,19H,2,8H2,1H3. The first-order valence-electron chi connectivity index (χ1n) is 6.17. The summed E-state index contributed by atoms with van der Waals surface area (Å²) < 4.78 is 2.15. The first-order valence-corrected chi connectivity index (χ1v) is 6.92. The van der Waals surface area contributed by atoms with Crippen LogP contribution in [0.1, 0.15) is 12.5 Å². The minimum atomic E-state index is 0.0208. The summed E-state index contributed by atoms with van der Waals surface area (Å²) in [6.45, 7) is 2.92. The van der Waals surface area contributed by atoms with Crippen LogP contribution in [0, 0.1) is 0 Å². The number of benzene rings is 2. The molecule has 1 N–H and O–H groups in total. The van der Waals surface area contributed by atoms with Crippen LogP contribution >= 0.6 is 23.2 Å². The Balaban J connectivity index is 2.58. The Bertz CT molecular complexity index is 777. The maximum atomic E-state index is 9.29. The molecule has 0 radical (unpaired) electrons. The number of nitrogens with zero attached hydrogens (tertiary/aromatic N) is 1. The van der Waals surface area contributed by atoms with Crippen LogP contribution in [0.4, 0.5) is 0 Å². The smallest absolute Gasteiger partial charge is 0.0695 e. The topological polar surface area (TPSA) is 25.2 Å². The van der Waals surface area contributed by atoms with Crippen LogP contribution in [0.25, 0.3) is 21.8 Å². The second kappa shape index (κ2) is 4.71. The molecule has 0 saturated heterocycles. The Kier molecular flexibility index (Phi) is 3.17. The van der Waals surface area contributed by atoms with Crippen molar-refractivity contribution < 1.29 is 5.11 Å². The molecule has 0 fully saturated rings. The molecule has 0 aliphatic carbocycles. The van der Waals surface area contributed by atoms with Crippen LogP contribution in [-0.4, -0.2) is 9.67 Å². The van der Waals surface area contributed by atoms with Gasteiger partial charge in [0.15, 0.2) is 0 Å². The van der Waals surface area contributed by atoms with Gasteiger partial charge in [-0.3, -0.25) is 0 Å². The zero-order chi connectivity index (χ0) is 13.6. The van der Waals surface area contributed by atoms with Gasteiger partial charge in [-0.05, 0) is 36.8 Å². The molecular formula is C15H13Cl2NO. The summed E-state index contributed by atoms with van der Waals surface area (Å²) >= 11 is 12.7. The molecule has 1 aromatic heterocycles. The van der Waals surface area contributed by atoms with Gasteiger partial charge in [0, 0.05) is 22.8 Å². The van der Waals surface area contributed by atoms with E-state index in [-0.39, 0.29) is 6.61 Å².